The summed E-state index contributed by atoms with van der Waals surface area (Å²) in [4.78, 5) is 6.33. The molecule has 1 aromatic heterocycles. The fourth-order valence-corrected chi connectivity index (χ4v) is 3.33. The van der Waals surface area contributed by atoms with Gasteiger partial charge in [-0.15, -0.1) is 0 Å². The van der Waals surface area contributed by atoms with Crippen LogP contribution in [0, 0.1) is 0 Å². The predicted octanol–water partition coefficient (Wildman–Crippen LogP) is 3.84. The summed E-state index contributed by atoms with van der Waals surface area (Å²) >= 11 is 12.5. The average Bonchev–Trinajstić information content (AvgIpc) is 3.02. The lowest BCUT2D eigenvalue weighted by atomic mass is 9.96. The molecule has 2 aliphatic heterocycles. The zero-order chi connectivity index (χ0) is 11.6. The molecule has 0 amide bonds. The Morgan fingerprint density at radius 1 is 1.12 bits per heavy atom. The molecule has 1 fully saturated rings. The number of halogens is 2. The second kappa shape index (κ2) is 3.15. The highest BCUT2D eigenvalue weighted by Crippen LogP contribution is 2.59. The molecule has 1 aromatic carbocycles. The third kappa shape index (κ3) is 1.15. The first-order valence-electron chi connectivity index (χ1n) is 5.45. The van der Waals surface area contributed by atoms with E-state index in [4.69, 9.17) is 23.2 Å². The van der Waals surface area contributed by atoms with Crippen LogP contribution in [0.1, 0.15) is 11.6 Å². The van der Waals surface area contributed by atoms with Crippen molar-refractivity contribution in [2.24, 2.45) is 0 Å². The van der Waals surface area contributed by atoms with Crippen molar-refractivity contribution in [3.8, 4) is 11.1 Å². The molecule has 4 rings (SSSR count). The van der Waals surface area contributed by atoms with Gasteiger partial charge in [-0.25, -0.2) is 4.98 Å². The molecule has 0 radical (unpaired) electrons. The summed E-state index contributed by atoms with van der Waals surface area (Å²) < 4.78 is 0. The zero-order valence-electron chi connectivity index (χ0n) is 8.77. The minimum Gasteiger partial charge on any atom is -0.342 e. The quantitative estimate of drug-likeness (QED) is 0.310. The van der Waals surface area contributed by atoms with Crippen LogP contribution < -0.4 is 4.90 Å². The van der Waals surface area contributed by atoms with Gasteiger partial charge in [0.15, 0.2) is 0 Å². The number of benzene rings is 1. The lowest BCUT2D eigenvalue weighted by molar-refractivity contribution is 1.07. The van der Waals surface area contributed by atoms with Crippen LogP contribution in [0.15, 0.2) is 36.5 Å². The molecule has 3 heterocycles. The molecule has 2 aliphatic rings. The number of rotatable bonds is 0. The van der Waals surface area contributed by atoms with E-state index in [2.05, 4.69) is 22.0 Å². The van der Waals surface area contributed by atoms with E-state index in [1.807, 2.05) is 18.2 Å². The lowest BCUT2D eigenvalue weighted by Gasteiger charge is -2.20. The summed E-state index contributed by atoms with van der Waals surface area (Å²) in [5, 5.41) is 0.565. The smallest absolute Gasteiger partial charge is 0.135 e. The van der Waals surface area contributed by atoms with Gasteiger partial charge in [-0.05, 0) is 17.7 Å². The molecule has 4 heteroatoms. The van der Waals surface area contributed by atoms with Gasteiger partial charge in [0.2, 0.25) is 0 Å². The normalized spacial score (nSPS) is 23.8. The Hall–Kier alpha value is -1.25. The molecule has 84 valence electrons. The van der Waals surface area contributed by atoms with E-state index in [0.29, 0.717) is 5.15 Å². The Bertz CT molecular complexity index is 627. The lowest BCUT2D eigenvalue weighted by Crippen LogP contribution is -2.05. The molecular weight excluding hydrogens is 255 g/mol. The second-order valence-corrected chi connectivity index (χ2v) is 5.11. The first-order chi connectivity index (χ1) is 8.29. The molecule has 2 aromatic rings. The van der Waals surface area contributed by atoms with Crippen molar-refractivity contribution < 1.29 is 0 Å². The fourth-order valence-electron chi connectivity index (χ4n) is 2.65. The molecule has 0 spiro atoms. The van der Waals surface area contributed by atoms with Crippen molar-refractivity contribution in [3.63, 3.8) is 0 Å². The summed E-state index contributed by atoms with van der Waals surface area (Å²) in [6.07, 6.45) is 1.75. The minimum absolute atomic E-state index is 0.000833. The summed E-state index contributed by atoms with van der Waals surface area (Å²) in [6, 6.07) is 10.5. The Morgan fingerprint density at radius 2 is 1.94 bits per heavy atom. The van der Waals surface area contributed by atoms with E-state index >= 15 is 0 Å². The highest BCUT2D eigenvalue weighted by Gasteiger charge is 2.53. The summed E-state index contributed by atoms with van der Waals surface area (Å²) in [5.74, 6) is 0. The first kappa shape index (κ1) is 9.75. The Balaban J connectivity index is 2.09. The predicted molar refractivity (Wildman–Crippen MR) is 69.5 cm³/mol. The van der Waals surface area contributed by atoms with Crippen molar-refractivity contribution in [1.29, 1.82) is 0 Å². The highest BCUT2D eigenvalue weighted by molar-refractivity contribution is 6.32. The van der Waals surface area contributed by atoms with Crippen LogP contribution in [0.2, 0.25) is 5.15 Å². The summed E-state index contributed by atoms with van der Waals surface area (Å²) in [6.45, 7) is 0. The van der Waals surface area contributed by atoms with Gasteiger partial charge < -0.3 is 4.90 Å². The van der Waals surface area contributed by atoms with Gasteiger partial charge in [-0.3, -0.25) is 0 Å². The highest BCUT2D eigenvalue weighted by atomic mass is 35.5. The molecule has 2 unspecified atom stereocenters. The van der Waals surface area contributed by atoms with E-state index < -0.39 is 0 Å². The minimum atomic E-state index is -0.000833. The topological polar surface area (TPSA) is 15.9 Å². The summed E-state index contributed by atoms with van der Waals surface area (Å²) in [5.41, 5.74) is 4.59. The number of hydrogen-bond acceptors (Lipinski definition) is 2. The molecule has 2 atom stereocenters. The standard InChI is InChI=1S/C13H8Cl2N2/c14-12-10-8(5-6-16-12)7-3-1-2-4-9(7)17-11(10)13(17)15/h1-6,11,13H. The Kier molecular flexibility index (Phi) is 1.81. The number of para-hydroxylation sites is 1. The first-order valence-corrected chi connectivity index (χ1v) is 6.26. The van der Waals surface area contributed by atoms with Crippen LogP contribution in [0.25, 0.3) is 11.1 Å². The number of hydrogen-bond donors (Lipinski definition) is 0. The molecule has 0 aliphatic carbocycles. The zero-order valence-corrected chi connectivity index (χ0v) is 10.3. The van der Waals surface area contributed by atoms with Gasteiger partial charge in [-0.2, -0.15) is 0 Å². The Labute approximate surface area is 109 Å². The van der Waals surface area contributed by atoms with E-state index in [9.17, 15) is 0 Å². The van der Waals surface area contributed by atoms with Crippen LogP contribution in [-0.2, 0) is 0 Å². The van der Waals surface area contributed by atoms with Crippen molar-refractivity contribution in [3.05, 3.63) is 47.2 Å². The van der Waals surface area contributed by atoms with Crippen LogP contribution in [0.3, 0.4) is 0 Å². The van der Waals surface area contributed by atoms with Crippen molar-refractivity contribution in [2.45, 2.75) is 11.5 Å². The van der Waals surface area contributed by atoms with Gasteiger partial charge in [0.1, 0.15) is 10.7 Å². The third-order valence-corrected chi connectivity index (χ3v) is 4.20. The second-order valence-electron chi connectivity index (χ2n) is 4.30. The number of nitrogens with zero attached hydrogens (tertiary/aromatic N) is 2. The van der Waals surface area contributed by atoms with Crippen molar-refractivity contribution >= 4 is 28.9 Å². The molecule has 0 bridgehead atoms. The van der Waals surface area contributed by atoms with Crippen LogP contribution >= 0.6 is 23.2 Å². The molecule has 17 heavy (non-hydrogen) atoms. The average molecular weight is 263 g/mol. The molecule has 2 nitrogen and oxygen atoms in total. The van der Waals surface area contributed by atoms with Gasteiger partial charge >= 0.3 is 0 Å². The monoisotopic (exact) mass is 262 g/mol. The maximum absolute atomic E-state index is 6.33. The van der Waals surface area contributed by atoms with Crippen LogP contribution in [0.5, 0.6) is 0 Å². The number of pyridine rings is 1. The van der Waals surface area contributed by atoms with Crippen molar-refractivity contribution in [1.82, 2.24) is 4.98 Å². The van der Waals surface area contributed by atoms with Crippen LogP contribution in [-0.4, -0.2) is 10.5 Å². The molecule has 0 saturated carbocycles. The van der Waals surface area contributed by atoms with E-state index in [1.54, 1.807) is 6.20 Å². The van der Waals surface area contributed by atoms with Gasteiger partial charge in [0, 0.05) is 23.0 Å². The molecule has 0 N–H and O–H groups in total. The van der Waals surface area contributed by atoms with Gasteiger partial charge in [0.05, 0.1) is 6.04 Å². The number of alkyl halides is 1. The number of aromatic nitrogens is 1. The molecule has 1 saturated heterocycles. The van der Waals surface area contributed by atoms with Crippen LogP contribution in [0.4, 0.5) is 5.69 Å². The molecular formula is C13H8Cl2N2. The largest absolute Gasteiger partial charge is 0.342 e. The third-order valence-electron chi connectivity index (χ3n) is 3.45. The maximum atomic E-state index is 6.33. The van der Waals surface area contributed by atoms with E-state index in [0.717, 1.165) is 11.1 Å². The number of anilines is 1. The Morgan fingerprint density at radius 3 is 2.82 bits per heavy atom. The maximum Gasteiger partial charge on any atom is 0.135 e. The van der Waals surface area contributed by atoms with Crippen molar-refractivity contribution in [2.75, 3.05) is 4.90 Å². The fraction of sp³-hybridized carbons (Fsp3) is 0.154. The number of fused-ring (bicyclic) bond motifs is 6. The van der Waals surface area contributed by atoms with Gasteiger partial charge in [-0.1, -0.05) is 41.4 Å². The SMILES string of the molecule is Clc1nccc2c1C1C(Cl)N1c1ccccc1-2. The summed E-state index contributed by atoms with van der Waals surface area (Å²) in [7, 11) is 0. The van der Waals surface area contributed by atoms with Gasteiger partial charge in [0.25, 0.3) is 0 Å². The van der Waals surface area contributed by atoms with E-state index in [1.165, 1.54) is 11.3 Å². The van der Waals surface area contributed by atoms with E-state index in [-0.39, 0.29) is 11.5 Å².